The lowest BCUT2D eigenvalue weighted by atomic mass is 9.97. The van der Waals surface area contributed by atoms with Crippen molar-refractivity contribution < 1.29 is 47.7 Å². The number of phosphoric acid groups is 1. The first-order valence-corrected chi connectivity index (χ1v) is 11.8. The number of phosphoric ester groups is 1. The number of aliphatic hydroxyl groups is 2. The van der Waals surface area contributed by atoms with Crippen LogP contribution in [0.1, 0.15) is 54.4 Å². The fourth-order valence-corrected chi connectivity index (χ4v) is 4.81. The molecule has 3 N–H and O–H groups in total. The number of aliphatic hydroxyl groups excluding tert-OH is 1. The third-order valence-electron chi connectivity index (χ3n) is 5.27. The van der Waals surface area contributed by atoms with Crippen LogP contribution in [0.5, 0.6) is 0 Å². The van der Waals surface area contributed by atoms with Crippen LogP contribution in [-0.4, -0.2) is 76.0 Å². The summed E-state index contributed by atoms with van der Waals surface area (Å²) in [5, 5.41) is 21.3. The Balaban J connectivity index is 2.07. The van der Waals surface area contributed by atoms with Crippen LogP contribution in [0.15, 0.2) is 0 Å². The van der Waals surface area contributed by atoms with Gasteiger partial charge in [0.2, 0.25) is 0 Å². The molecular weight excluding hydrogens is 419 g/mol. The average Bonchev–Trinajstić information content (AvgIpc) is 3.05. The smallest absolute Gasteiger partial charge is 0.390 e. The summed E-state index contributed by atoms with van der Waals surface area (Å²) in [5.41, 5.74) is -1.92. The van der Waals surface area contributed by atoms with Gasteiger partial charge in [0, 0.05) is 6.42 Å². The molecule has 0 bridgehead atoms. The van der Waals surface area contributed by atoms with Gasteiger partial charge in [0.05, 0.1) is 37.1 Å². The molecule has 2 fully saturated rings. The molecule has 1 aliphatic carbocycles. The number of hydrogen-bond donors (Lipinski definition) is 3. The van der Waals surface area contributed by atoms with Crippen LogP contribution in [0.4, 0.5) is 0 Å². The van der Waals surface area contributed by atoms with E-state index in [1.165, 1.54) is 0 Å². The van der Waals surface area contributed by atoms with Crippen LogP contribution < -0.4 is 0 Å². The topological polar surface area (TPSA) is 141 Å². The van der Waals surface area contributed by atoms with Gasteiger partial charge < -0.3 is 28.9 Å². The molecular formula is C19H35O10P. The van der Waals surface area contributed by atoms with Crippen LogP contribution in [0.25, 0.3) is 0 Å². The van der Waals surface area contributed by atoms with Gasteiger partial charge in [-0.2, -0.15) is 0 Å². The summed E-state index contributed by atoms with van der Waals surface area (Å²) in [4.78, 5) is 22.7. The molecule has 0 aromatic rings. The molecule has 0 amide bonds. The summed E-state index contributed by atoms with van der Waals surface area (Å²) >= 11 is 0. The van der Waals surface area contributed by atoms with Crippen molar-refractivity contribution in [1.82, 2.24) is 0 Å². The van der Waals surface area contributed by atoms with Crippen molar-refractivity contribution in [2.24, 2.45) is 5.92 Å². The molecule has 1 aliphatic heterocycles. The second kappa shape index (κ2) is 9.92. The second-order valence-corrected chi connectivity index (χ2v) is 10.1. The van der Waals surface area contributed by atoms with Gasteiger partial charge in [0.25, 0.3) is 0 Å². The molecule has 1 saturated carbocycles. The highest BCUT2D eigenvalue weighted by molar-refractivity contribution is 7.48. The van der Waals surface area contributed by atoms with E-state index in [4.69, 9.17) is 23.3 Å². The molecule has 2 unspecified atom stereocenters. The van der Waals surface area contributed by atoms with Gasteiger partial charge in [-0.1, -0.05) is 6.92 Å². The molecule has 176 valence electrons. The van der Waals surface area contributed by atoms with Crippen LogP contribution >= 0.6 is 7.82 Å². The Hall–Kier alpha value is -0.580. The van der Waals surface area contributed by atoms with E-state index in [0.717, 1.165) is 0 Å². The lowest BCUT2D eigenvalue weighted by molar-refractivity contribution is -0.164. The molecule has 0 spiro atoms. The largest absolute Gasteiger partial charge is 0.530 e. The molecule has 11 heteroatoms. The van der Waals surface area contributed by atoms with Gasteiger partial charge in [0.1, 0.15) is 11.7 Å². The van der Waals surface area contributed by atoms with E-state index in [0.29, 0.717) is 6.42 Å². The first kappa shape index (κ1) is 25.7. The minimum atomic E-state index is -4.92. The second-order valence-electron chi connectivity index (χ2n) is 8.81. The van der Waals surface area contributed by atoms with Gasteiger partial charge in [0.15, 0.2) is 6.10 Å². The van der Waals surface area contributed by atoms with Crippen LogP contribution in [-0.2, 0) is 32.6 Å². The molecule has 2 aliphatic rings. The minimum Gasteiger partial charge on any atom is -0.390 e. The maximum Gasteiger partial charge on any atom is 0.530 e. The number of rotatable bonds is 9. The summed E-state index contributed by atoms with van der Waals surface area (Å²) in [7, 11) is -4.92. The molecule has 10 nitrogen and oxygen atoms in total. The normalized spacial score (nSPS) is 38.9. The van der Waals surface area contributed by atoms with Crippen LogP contribution in [0.3, 0.4) is 0 Å². The molecule has 1 saturated heterocycles. The predicted molar refractivity (Wildman–Crippen MR) is 106 cm³/mol. The summed E-state index contributed by atoms with van der Waals surface area (Å²) in [5.74, 6) is -1.50. The van der Waals surface area contributed by atoms with E-state index < -0.39 is 49.7 Å². The van der Waals surface area contributed by atoms with E-state index in [-0.39, 0.29) is 31.3 Å². The molecule has 1 heterocycles. The van der Waals surface area contributed by atoms with Crippen molar-refractivity contribution in [2.45, 2.75) is 103 Å². The molecule has 30 heavy (non-hydrogen) atoms. The van der Waals surface area contributed by atoms with Crippen LogP contribution in [0.2, 0.25) is 0 Å². The lowest BCUT2D eigenvalue weighted by Gasteiger charge is -2.33. The standard InChI is InChI=1S/C19H35O10P/c1-10(2)25-9-19(22)15(7-12(5)17(19)20)28-30(23,24)29-18(21)16-14(26-11(3)4)8-13(6)27-16/h10-17,20,22H,7-9H2,1-6H3,(H,23,24)/t12-,13-,14+,15+,16-,17?,19-/m0/s1. The molecule has 0 aromatic heterocycles. The maximum absolute atomic E-state index is 12.5. The van der Waals surface area contributed by atoms with Crippen molar-refractivity contribution in [3.8, 4) is 0 Å². The third kappa shape index (κ3) is 6.23. The van der Waals surface area contributed by atoms with E-state index in [2.05, 4.69) is 0 Å². The van der Waals surface area contributed by atoms with Crippen molar-refractivity contribution in [2.75, 3.05) is 6.61 Å². The van der Waals surface area contributed by atoms with Gasteiger partial charge >= 0.3 is 13.8 Å². The Morgan fingerprint density at radius 2 is 1.83 bits per heavy atom. The molecule has 2 rings (SSSR count). The zero-order chi connectivity index (χ0) is 22.9. The third-order valence-corrected chi connectivity index (χ3v) is 6.20. The van der Waals surface area contributed by atoms with Crippen molar-refractivity contribution in [3.63, 3.8) is 0 Å². The average molecular weight is 454 g/mol. The van der Waals surface area contributed by atoms with Crippen molar-refractivity contribution in [3.05, 3.63) is 0 Å². The summed E-state index contributed by atoms with van der Waals surface area (Å²) in [6.07, 6.45) is -4.46. The highest BCUT2D eigenvalue weighted by atomic mass is 31.2. The number of carbonyl (C=O) groups excluding carboxylic acids is 1. The van der Waals surface area contributed by atoms with Gasteiger partial charge in [-0.25, -0.2) is 9.36 Å². The molecule has 0 radical (unpaired) electrons. The Labute approximate surface area is 177 Å². The van der Waals surface area contributed by atoms with E-state index in [1.807, 2.05) is 0 Å². The van der Waals surface area contributed by atoms with Gasteiger partial charge in [-0.3, -0.25) is 9.42 Å². The SMILES string of the molecule is CC(C)OC[C@@]1(O)C(O)[C@@H](C)C[C@H]1OP(=O)(O)OC(=O)[C@H]1O[C@@H](C)C[C@H]1OC(C)C. The fourth-order valence-electron chi connectivity index (χ4n) is 3.84. The Morgan fingerprint density at radius 1 is 1.20 bits per heavy atom. The van der Waals surface area contributed by atoms with Gasteiger partial charge in [-0.05, 0) is 47.0 Å². The van der Waals surface area contributed by atoms with Gasteiger partial charge in [-0.15, -0.1) is 0 Å². The monoisotopic (exact) mass is 454 g/mol. The summed E-state index contributed by atoms with van der Waals surface area (Å²) in [6, 6.07) is 0. The maximum atomic E-state index is 12.5. The number of ether oxygens (including phenoxy) is 3. The Morgan fingerprint density at radius 3 is 2.40 bits per heavy atom. The summed E-state index contributed by atoms with van der Waals surface area (Å²) < 4.78 is 39.0. The highest BCUT2D eigenvalue weighted by Gasteiger charge is 2.56. The van der Waals surface area contributed by atoms with E-state index >= 15 is 0 Å². The quantitative estimate of drug-likeness (QED) is 0.439. The minimum absolute atomic E-state index is 0.0806. The number of carbonyl (C=O) groups is 1. The van der Waals surface area contributed by atoms with Crippen molar-refractivity contribution >= 4 is 13.8 Å². The first-order valence-electron chi connectivity index (χ1n) is 10.3. The number of hydrogen-bond acceptors (Lipinski definition) is 9. The summed E-state index contributed by atoms with van der Waals surface area (Å²) in [6.45, 7) is 10.2. The fraction of sp³-hybridized carbons (Fsp3) is 0.947. The predicted octanol–water partition coefficient (Wildman–Crippen LogP) is 1.54. The van der Waals surface area contributed by atoms with Crippen molar-refractivity contribution in [1.29, 1.82) is 0 Å². The lowest BCUT2D eigenvalue weighted by Crippen LogP contribution is -2.52. The van der Waals surface area contributed by atoms with E-state index in [1.54, 1.807) is 41.5 Å². The van der Waals surface area contributed by atoms with E-state index in [9.17, 15) is 24.5 Å². The molecule has 8 atom stereocenters. The zero-order valence-electron chi connectivity index (χ0n) is 18.4. The molecule has 0 aromatic carbocycles. The highest BCUT2D eigenvalue weighted by Crippen LogP contribution is 2.51. The zero-order valence-corrected chi connectivity index (χ0v) is 19.3. The Bertz CT molecular complexity index is 641. The Kier molecular flexibility index (Phi) is 8.49. The van der Waals surface area contributed by atoms with Crippen LogP contribution in [0, 0.1) is 5.92 Å². The first-order chi connectivity index (χ1) is 13.7.